The maximum Gasteiger partial charge on any atom is 0.0800 e. The van der Waals surface area contributed by atoms with Gasteiger partial charge in [-0.25, -0.2) is 0 Å². The summed E-state index contributed by atoms with van der Waals surface area (Å²) in [6.07, 6.45) is 4.30. The highest BCUT2D eigenvalue weighted by Gasteiger charge is 2.51. The Morgan fingerprint density at radius 3 is 2.82 bits per heavy atom. The van der Waals surface area contributed by atoms with E-state index in [4.69, 9.17) is 4.74 Å². The summed E-state index contributed by atoms with van der Waals surface area (Å²) >= 11 is 3.94. The average molecular weight is 274 g/mol. The molecular formula is C13H22O2S2. The summed E-state index contributed by atoms with van der Waals surface area (Å²) in [5, 5.41) is 11.3. The summed E-state index contributed by atoms with van der Waals surface area (Å²) in [5.41, 5.74) is -0.314. The molecule has 4 heteroatoms. The highest BCUT2D eigenvalue weighted by Crippen LogP contribution is 2.49. The number of rotatable bonds is 1. The van der Waals surface area contributed by atoms with Crippen molar-refractivity contribution in [2.24, 2.45) is 5.92 Å². The van der Waals surface area contributed by atoms with E-state index >= 15 is 0 Å². The fourth-order valence-electron chi connectivity index (χ4n) is 3.60. The van der Waals surface area contributed by atoms with Crippen molar-refractivity contribution in [3.63, 3.8) is 0 Å². The van der Waals surface area contributed by atoms with E-state index < -0.39 is 5.60 Å². The zero-order chi connectivity index (χ0) is 11.9. The van der Waals surface area contributed by atoms with E-state index in [0.717, 1.165) is 37.4 Å². The van der Waals surface area contributed by atoms with Gasteiger partial charge in [-0.2, -0.15) is 23.5 Å². The molecule has 17 heavy (non-hydrogen) atoms. The van der Waals surface area contributed by atoms with Gasteiger partial charge in [0.2, 0.25) is 0 Å². The lowest BCUT2D eigenvalue weighted by atomic mass is 9.73. The molecule has 98 valence electrons. The molecule has 0 bridgehead atoms. The van der Waals surface area contributed by atoms with E-state index in [1.54, 1.807) is 0 Å². The molecule has 2 nitrogen and oxygen atoms in total. The van der Waals surface area contributed by atoms with Gasteiger partial charge < -0.3 is 9.84 Å². The lowest BCUT2D eigenvalue weighted by molar-refractivity contribution is -0.130. The highest BCUT2D eigenvalue weighted by atomic mass is 32.2. The third-order valence-electron chi connectivity index (χ3n) is 4.84. The summed E-state index contributed by atoms with van der Waals surface area (Å²) in [4.78, 5) is 0. The number of hydrogen-bond acceptors (Lipinski definition) is 4. The molecule has 3 aliphatic rings. The summed E-state index contributed by atoms with van der Waals surface area (Å²) in [6, 6.07) is 0. The van der Waals surface area contributed by atoms with Crippen LogP contribution in [0, 0.1) is 5.92 Å². The molecule has 3 heterocycles. The van der Waals surface area contributed by atoms with Gasteiger partial charge in [0.15, 0.2) is 0 Å². The Hall–Kier alpha value is 0.620. The van der Waals surface area contributed by atoms with Crippen molar-refractivity contribution in [3.8, 4) is 0 Å². The molecule has 0 saturated carbocycles. The van der Waals surface area contributed by atoms with Crippen LogP contribution in [-0.2, 0) is 4.74 Å². The van der Waals surface area contributed by atoms with E-state index in [1.807, 2.05) is 23.5 Å². The molecule has 4 unspecified atom stereocenters. The molecule has 0 aromatic carbocycles. The number of aliphatic hydroxyl groups is 1. The summed E-state index contributed by atoms with van der Waals surface area (Å²) in [6.45, 7) is 3.05. The first kappa shape index (κ1) is 12.6. The van der Waals surface area contributed by atoms with Gasteiger partial charge in [0.1, 0.15) is 0 Å². The smallest absolute Gasteiger partial charge is 0.0800 e. The molecule has 3 fully saturated rings. The second-order valence-electron chi connectivity index (χ2n) is 5.78. The SMILES string of the molecule is CC1SCCC1(O)C1CCOC2(CCSC2)C1. The number of ether oxygens (including phenoxy) is 1. The van der Waals surface area contributed by atoms with Crippen LogP contribution in [0.15, 0.2) is 0 Å². The van der Waals surface area contributed by atoms with Gasteiger partial charge in [-0.3, -0.25) is 0 Å². The monoisotopic (exact) mass is 274 g/mol. The van der Waals surface area contributed by atoms with Crippen LogP contribution in [-0.4, -0.2) is 45.4 Å². The van der Waals surface area contributed by atoms with Crippen LogP contribution >= 0.6 is 23.5 Å². The molecule has 0 amide bonds. The zero-order valence-electron chi connectivity index (χ0n) is 10.5. The Labute approximate surface area is 112 Å². The van der Waals surface area contributed by atoms with E-state index in [0.29, 0.717) is 11.2 Å². The lowest BCUT2D eigenvalue weighted by Gasteiger charge is -2.45. The molecule has 3 aliphatic heterocycles. The van der Waals surface area contributed by atoms with E-state index in [1.165, 1.54) is 12.2 Å². The zero-order valence-corrected chi connectivity index (χ0v) is 12.1. The molecular weight excluding hydrogens is 252 g/mol. The quantitative estimate of drug-likeness (QED) is 0.796. The predicted octanol–water partition coefficient (Wildman–Crippen LogP) is 2.55. The van der Waals surface area contributed by atoms with Gasteiger partial charge in [-0.05, 0) is 43.1 Å². The minimum Gasteiger partial charge on any atom is -0.388 e. The van der Waals surface area contributed by atoms with Gasteiger partial charge in [0.25, 0.3) is 0 Å². The predicted molar refractivity (Wildman–Crippen MR) is 74.8 cm³/mol. The normalized spacial score (nSPS) is 51.2. The van der Waals surface area contributed by atoms with Crippen LogP contribution in [0.1, 0.15) is 32.6 Å². The van der Waals surface area contributed by atoms with Crippen LogP contribution in [0.4, 0.5) is 0 Å². The maximum atomic E-state index is 10.9. The van der Waals surface area contributed by atoms with Gasteiger partial charge in [0.05, 0.1) is 11.2 Å². The minimum absolute atomic E-state index is 0.107. The van der Waals surface area contributed by atoms with E-state index in [9.17, 15) is 5.11 Å². The molecule has 0 aliphatic carbocycles. The molecule has 3 rings (SSSR count). The van der Waals surface area contributed by atoms with Crippen LogP contribution in [0.2, 0.25) is 0 Å². The summed E-state index contributed by atoms with van der Waals surface area (Å²) < 4.78 is 6.06. The Morgan fingerprint density at radius 2 is 2.18 bits per heavy atom. The third-order valence-corrected chi connectivity index (χ3v) is 7.41. The molecule has 4 atom stereocenters. The fourth-order valence-corrected chi connectivity index (χ4v) is 6.38. The van der Waals surface area contributed by atoms with Crippen LogP contribution in [0.3, 0.4) is 0 Å². The van der Waals surface area contributed by atoms with Gasteiger partial charge >= 0.3 is 0 Å². The van der Waals surface area contributed by atoms with Gasteiger partial charge in [0, 0.05) is 17.6 Å². The van der Waals surface area contributed by atoms with Crippen molar-refractivity contribution in [1.29, 1.82) is 0 Å². The van der Waals surface area contributed by atoms with Crippen molar-refractivity contribution in [1.82, 2.24) is 0 Å². The first-order valence-electron chi connectivity index (χ1n) is 6.70. The molecule has 0 aromatic rings. The minimum atomic E-state index is -0.422. The van der Waals surface area contributed by atoms with Gasteiger partial charge in [-0.1, -0.05) is 6.92 Å². The average Bonchev–Trinajstić information content (AvgIpc) is 2.89. The van der Waals surface area contributed by atoms with Crippen molar-refractivity contribution in [2.45, 2.75) is 49.1 Å². The van der Waals surface area contributed by atoms with Crippen LogP contribution in [0.25, 0.3) is 0 Å². The Bertz CT molecular complexity index is 291. The summed E-state index contributed by atoms with van der Waals surface area (Å²) in [5.74, 6) is 3.95. The molecule has 1 N–H and O–H groups in total. The maximum absolute atomic E-state index is 10.9. The van der Waals surface area contributed by atoms with E-state index in [2.05, 4.69) is 6.92 Å². The number of hydrogen-bond donors (Lipinski definition) is 1. The largest absolute Gasteiger partial charge is 0.388 e. The Morgan fingerprint density at radius 1 is 1.29 bits per heavy atom. The van der Waals surface area contributed by atoms with Crippen LogP contribution < -0.4 is 0 Å². The molecule has 0 radical (unpaired) electrons. The van der Waals surface area contributed by atoms with Crippen molar-refractivity contribution >= 4 is 23.5 Å². The molecule has 0 aromatic heterocycles. The first-order chi connectivity index (χ1) is 8.15. The Kier molecular flexibility index (Phi) is 3.44. The molecule has 1 spiro atoms. The standard InChI is InChI=1S/C13H22O2S2/c1-10-13(14,4-7-17-10)11-2-5-15-12(8-11)3-6-16-9-12/h10-11,14H,2-9H2,1H3. The number of thioether (sulfide) groups is 2. The fraction of sp³-hybridized carbons (Fsp3) is 1.00. The third kappa shape index (κ3) is 2.15. The molecule has 3 saturated heterocycles. The van der Waals surface area contributed by atoms with E-state index in [-0.39, 0.29) is 5.60 Å². The van der Waals surface area contributed by atoms with Crippen molar-refractivity contribution in [2.75, 3.05) is 23.9 Å². The lowest BCUT2D eigenvalue weighted by Crippen LogP contribution is -2.51. The Balaban J connectivity index is 1.75. The topological polar surface area (TPSA) is 29.5 Å². The van der Waals surface area contributed by atoms with Crippen molar-refractivity contribution < 1.29 is 9.84 Å². The first-order valence-corrected chi connectivity index (χ1v) is 8.91. The second-order valence-corrected chi connectivity index (χ2v) is 8.33. The second kappa shape index (κ2) is 4.62. The van der Waals surface area contributed by atoms with Crippen molar-refractivity contribution in [3.05, 3.63) is 0 Å². The highest BCUT2D eigenvalue weighted by molar-refractivity contribution is 8.00. The summed E-state index contributed by atoms with van der Waals surface area (Å²) in [7, 11) is 0. The van der Waals surface area contributed by atoms with Gasteiger partial charge in [-0.15, -0.1) is 0 Å². The van der Waals surface area contributed by atoms with Crippen LogP contribution in [0.5, 0.6) is 0 Å².